The van der Waals surface area contributed by atoms with E-state index in [2.05, 4.69) is 14.9 Å². The molecule has 0 spiro atoms. The number of aromatic nitrogens is 2. The van der Waals surface area contributed by atoms with Gasteiger partial charge in [-0.1, -0.05) is 11.3 Å². The molecule has 5 rings (SSSR count). The van der Waals surface area contributed by atoms with Crippen molar-refractivity contribution in [2.45, 2.75) is 4.90 Å². The molecule has 2 aromatic heterocycles. The highest BCUT2D eigenvalue weighted by Crippen LogP contribution is 2.43. The molecule has 0 radical (unpaired) electrons. The highest BCUT2D eigenvalue weighted by Gasteiger charge is 2.28. The quantitative estimate of drug-likeness (QED) is 0.334. The van der Waals surface area contributed by atoms with Crippen molar-refractivity contribution in [3.05, 3.63) is 78.1 Å². The minimum atomic E-state index is -4.75. The van der Waals surface area contributed by atoms with Gasteiger partial charge in [0.2, 0.25) is 0 Å². The summed E-state index contributed by atoms with van der Waals surface area (Å²) < 4.78 is 86.3. The fourth-order valence-electron chi connectivity index (χ4n) is 4.04. The van der Waals surface area contributed by atoms with Crippen LogP contribution in [0.1, 0.15) is 0 Å². The molecule has 0 bridgehead atoms. The third-order valence-corrected chi connectivity index (χ3v) is 8.63. The van der Waals surface area contributed by atoms with Gasteiger partial charge in [0, 0.05) is 38.6 Å². The van der Waals surface area contributed by atoms with Gasteiger partial charge in [0.1, 0.15) is 22.3 Å². The second kappa shape index (κ2) is 10.3. The lowest BCUT2D eigenvalue weighted by molar-refractivity contribution is 0.313. The molecule has 1 fully saturated rings. The molecule has 1 saturated heterocycles. The summed E-state index contributed by atoms with van der Waals surface area (Å²) in [6, 6.07) is 7.01. The monoisotopic (exact) mass is 563 g/mol. The van der Waals surface area contributed by atoms with Gasteiger partial charge in [-0.05, 0) is 55.1 Å². The van der Waals surface area contributed by atoms with Crippen LogP contribution in [0.25, 0.3) is 21.7 Å². The number of halogens is 4. The fraction of sp³-hybridized carbons (Fsp3) is 0.200. The molecule has 198 valence electrons. The second-order valence-corrected chi connectivity index (χ2v) is 11.3. The van der Waals surface area contributed by atoms with Crippen molar-refractivity contribution < 1.29 is 26.0 Å². The Balaban J connectivity index is 1.61. The average Bonchev–Trinajstić information content (AvgIpc) is 3.33. The molecule has 3 heterocycles. The number of benzene rings is 2. The molecule has 1 N–H and O–H groups in total. The normalized spacial score (nSPS) is 14.6. The van der Waals surface area contributed by atoms with Crippen LogP contribution in [-0.4, -0.2) is 56.5 Å². The van der Waals surface area contributed by atoms with Gasteiger partial charge in [-0.3, -0.25) is 9.71 Å². The van der Waals surface area contributed by atoms with E-state index in [9.17, 15) is 17.2 Å². The first kappa shape index (κ1) is 26.1. The largest absolute Gasteiger partial charge is 0.345 e. The Morgan fingerprint density at radius 3 is 2.32 bits per heavy atom. The Morgan fingerprint density at radius 2 is 1.61 bits per heavy atom. The number of pyridine rings is 1. The highest BCUT2D eigenvalue weighted by molar-refractivity contribution is 7.92. The number of thiazole rings is 1. The highest BCUT2D eigenvalue weighted by atomic mass is 32.2. The zero-order chi connectivity index (χ0) is 27.0. The van der Waals surface area contributed by atoms with E-state index in [0.717, 1.165) is 31.3 Å². The Labute approximate surface area is 220 Å². The van der Waals surface area contributed by atoms with Crippen molar-refractivity contribution in [1.29, 1.82) is 0 Å². The van der Waals surface area contributed by atoms with Gasteiger partial charge < -0.3 is 9.80 Å². The van der Waals surface area contributed by atoms with Crippen molar-refractivity contribution in [2.75, 3.05) is 42.8 Å². The molecule has 0 aliphatic carbocycles. The van der Waals surface area contributed by atoms with E-state index in [1.54, 1.807) is 24.5 Å². The first-order chi connectivity index (χ1) is 18.1. The summed E-state index contributed by atoms with van der Waals surface area (Å²) in [7, 11) is -2.75. The minimum absolute atomic E-state index is 0.0110. The second-order valence-electron chi connectivity index (χ2n) is 8.66. The molecule has 0 saturated carbocycles. The maximum atomic E-state index is 15.8. The van der Waals surface area contributed by atoms with E-state index >= 15 is 8.78 Å². The molecular weight excluding hydrogens is 542 g/mol. The SMILES string of the molecule is CN1CCN(c2nc(-c3c(F)ccc(NS(=O)(=O)c4cc(F)ccc4F)c3F)c(-c3ccncc3)s2)CC1. The molecule has 0 amide bonds. The van der Waals surface area contributed by atoms with Crippen LogP contribution in [-0.2, 0) is 10.0 Å². The van der Waals surface area contributed by atoms with Crippen LogP contribution < -0.4 is 9.62 Å². The zero-order valence-corrected chi connectivity index (χ0v) is 21.6. The number of hydrogen-bond acceptors (Lipinski definition) is 7. The Bertz CT molecular complexity index is 1590. The summed E-state index contributed by atoms with van der Waals surface area (Å²) in [5, 5.41) is 0.562. The van der Waals surface area contributed by atoms with E-state index in [1.165, 1.54) is 11.3 Å². The molecule has 1 aliphatic rings. The van der Waals surface area contributed by atoms with Crippen LogP contribution in [0.2, 0.25) is 0 Å². The summed E-state index contributed by atoms with van der Waals surface area (Å²) in [6.07, 6.45) is 3.08. The van der Waals surface area contributed by atoms with Gasteiger partial charge in [-0.2, -0.15) is 0 Å². The van der Waals surface area contributed by atoms with Crippen LogP contribution in [0, 0.1) is 23.3 Å². The summed E-state index contributed by atoms with van der Waals surface area (Å²) in [5.41, 5.74) is -0.573. The summed E-state index contributed by atoms with van der Waals surface area (Å²) >= 11 is 1.26. The number of hydrogen-bond donors (Lipinski definition) is 1. The topological polar surface area (TPSA) is 78.4 Å². The molecule has 38 heavy (non-hydrogen) atoms. The molecule has 13 heteroatoms. The summed E-state index contributed by atoms with van der Waals surface area (Å²) in [6.45, 7) is 2.92. The third kappa shape index (κ3) is 5.08. The van der Waals surface area contributed by atoms with Gasteiger partial charge in [0.15, 0.2) is 10.9 Å². The van der Waals surface area contributed by atoms with Gasteiger partial charge in [0.25, 0.3) is 10.0 Å². The smallest absolute Gasteiger partial charge is 0.265 e. The molecule has 7 nitrogen and oxygen atoms in total. The molecular formula is C25H21F4N5O2S2. The van der Waals surface area contributed by atoms with Crippen LogP contribution in [0.15, 0.2) is 59.8 Å². The maximum absolute atomic E-state index is 15.8. The van der Waals surface area contributed by atoms with E-state index in [4.69, 9.17) is 0 Å². The number of nitrogens with one attached hydrogen (secondary N) is 1. The van der Waals surface area contributed by atoms with Gasteiger partial charge >= 0.3 is 0 Å². The lowest BCUT2D eigenvalue weighted by Gasteiger charge is -2.32. The first-order valence-corrected chi connectivity index (χ1v) is 13.7. The standard InChI is InChI=1S/C25H21F4N5O2S2/c1-33-10-12-34(13-11-33)25-31-23(24(37-25)15-6-8-30-9-7-15)21-18(28)4-5-19(22(21)29)32-38(35,36)20-14-16(26)2-3-17(20)27/h2-9,14,32H,10-13H2,1H3. The lowest BCUT2D eigenvalue weighted by Crippen LogP contribution is -2.44. The predicted octanol–water partition coefficient (Wildman–Crippen LogP) is 4.98. The number of sulfonamides is 1. The molecule has 0 atom stereocenters. The number of piperazine rings is 1. The van der Waals surface area contributed by atoms with Crippen molar-refractivity contribution in [3.63, 3.8) is 0 Å². The Morgan fingerprint density at radius 1 is 0.921 bits per heavy atom. The van der Waals surface area contributed by atoms with Gasteiger partial charge in [0.05, 0.1) is 21.8 Å². The van der Waals surface area contributed by atoms with E-state index < -0.39 is 49.4 Å². The minimum Gasteiger partial charge on any atom is -0.345 e. The third-order valence-electron chi connectivity index (χ3n) is 6.09. The zero-order valence-electron chi connectivity index (χ0n) is 20.0. The van der Waals surface area contributed by atoms with Crippen LogP contribution >= 0.6 is 11.3 Å². The first-order valence-electron chi connectivity index (χ1n) is 11.4. The van der Waals surface area contributed by atoms with E-state index in [1.807, 2.05) is 16.7 Å². The predicted molar refractivity (Wildman–Crippen MR) is 138 cm³/mol. The van der Waals surface area contributed by atoms with Crippen molar-refractivity contribution in [1.82, 2.24) is 14.9 Å². The maximum Gasteiger partial charge on any atom is 0.265 e. The number of likely N-dealkylation sites (N-methyl/N-ethyl adjacent to an activating group) is 1. The van der Waals surface area contributed by atoms with Crippen molar-refractivity contribution in [3.8, 4) is 21.7 Å². The fourth-order valence-corrected chi connectivity index (χ4v) is 6.32. The Hall–Kier alpha value is -3.55. The van der Waals surface area contributed by atoms with Crippen molar-refractivity contribution in [2.24, 2.45) is 0 Å². The molecule has 2 aromatic carbocycles. The molecule has 1 aliphatic heterocycles. The van der Waals surface area contributed by atoms with Crippen molar-refractivity contribution >= 4 is 32.2 Å². The van der Waals surface area contributed by atoms with Crippen LogP contribution in [0.5, 0.6) is 0 Å². The molecule has 0 unspecified atom stereocenters. The van der Waals surface area contributed by atoms with Crippen LogP contribution in [0.4, 0.5) is 28.4 Å². The Kier molecular flexibility index (Phi) is 7.07. The van der Waals surface area contributed by atoms with E-state index in [-0.39, 0.29) is 5.69 Å². The van der Waals surface area contributed by atoms with Crippen LogP contribution in [0.3, 0.4) is 0 Å². The number of anilines is 2. The van der Waals surface area contributed by atoms with E-state index in [0.29, 0.717) is 40.8 Å². The van der Waals surface area contributed by atoms with Gasteiger partial charge in [-0.25, -0.2) is 31.0 Å². The lowest BCUT2D eigenvalue weighted by atomic mass is 10.1. The number of nitrogens with zero attached hydrogens (tertiary/aromatic N) is 4. The van der Waals surface area contributed by atoms with Gasteiger partial charge in [-0.15, -0.1) is 0 Å². The summed E-state index contributed by atoms with van der Waals surface area (Å²) in [4.78, 5) is 12.2. The molecule has 4 aromatic rings. The summed E-state index contributed by atoms with van der Waals surface area (Å²) in [5.74, 6) is -4.42. The average molecular weight is 564 g/mol. The number of rotatable bonds is 6.